The summed E-state index contributed by atoms with van der Waals surface area (Å²) in [5, 5.41) is 40.2. The summed E-state index contributed by atoms with van der Waals surface area (Å²) in [4.78, 5) is 83.7. The van der Waals surface area contributed by atoms with Crippen LogP contribution in [0.5, 0.6) is 0 Å². The zero-order valence-corrected chi connectivity index (χ0v) is 38.5. The van der Waals surface area contributed by atoms with Crippen LogP contribution < -0.4 is 5.32 Å². The Bertz CT molecular complexity index is 2150. The van der Waals surface area contributed by atoms with E-state index in [1.54, 1.807) is 76.2 Å². The van der Waals surface area contributed by atoms with Gasteiger partial charge >= 0.3 is 30.0 Å². The number of nitrogens with one attached hydrogen (secondary N) is 1. The smallest absolute Gasteiger partial charge is 0.408 e. The summed E-state index contributed by atoms with van der Waals surface area (Å²) in [6.45, 7) is 12.1. The second kappa shape index (κ2) is 19.9. The highest BCUT2D eigenvalue weighted by Crippen LogP contribution is 2.64. The molecule has 3 aliphatic carbocycles. The number of Topliss-reactive ketones (excluding diaryl/α,β-unsaturated/α-hetero) is 1. The lowest BCUT2D eigenvalue weighted by molar-refractivity contribution is -0.346. The first-order valence-electron chi connectivity index (χ1n) is 22.1. The fourth-order valence-corrected chi connectivity index (χ4v) is 10.3. The molecule has 2 bridgehead atoms. The van der Waals surface area contributed by atoms with Gasteiger partial charge in [-0.2, -0.15) is 0 Å². The Labute approximate surface area is 383 Å². The number of carbonyl (C=O) groups is 6. The molecule has 360 valence electrons. The predicted octanol–water partition coefficient (Wildman–Crippen LogP) is 3.47. The number of hydrogen-bond acceptors (Lipinski definition) is 17. The molecule has 2 saturated carbocycles. The number of rotatable bonds is 16. The van der Waals surface area contributed by atoms with Gasteiger partial charge in [0.15, 0.2) is 29.7 Å². The van der Waals surface area contributed by atoms with Crippen LogP contribution in [0.4, 0.5) is 4.79 Å². The van der Waals surface area contributed by atoms with E-state index in [0.29, 0.717) is 13.2 Å². The molecule has 18 nitrogen and oxygen atoms in total. The highest BCUT2D eigenvalue weighted by atomic mass is 16.6. The van der Waals surface area contributed by atoms with Gasteiger partial charge in [-0.3, -0.25) is 14.4 Å². The molecule has 1 saturated heterocycles. The molecule has 1 aliphatic heterocycles. The van der Waals surface area contributed by atoms with Crippen LogP contribution in [-0.4, -0.2) is 138 Å². The van der Waals surface area contributed by atoms with E-state index in [4.69, 9.17) is 37.9 Å². The number of ketones is 1. The van der Waals surface area contributed by atoms with Crippen LogP contribution >= 0.6 is 0 Å². The fourth-order valence-electron chi connectivity index (χ4n) is 10.3. The van der Waals surface area contributed by atoms with Crippen molar-refractivity contribution in [1.29, 1.82) is 0 Å². The van der Waals surface area contributed by atoms with Gasteiger partial charge in [0.05, 0.1) is 48.9 Å². The third kappa shape index (κ3) is 9.23. The van der Waals surface area contributed by atoms with Gasteiger partial charge in [-0.05, 0) is 56.5 Å². The van der Waals surface area contributed by atoms with Crippen LogP contribution in [0.2, 0.25) is 0 Å². The van der Waals surface area contributed by atoms with E-state index < -0.39 is 119 Å². The summed E-state index contributed by atoms with van der Waals surface area (Å²) in [7, 11) is 0. The van der Waals surface area contributed by atoms with Crippen LogP contribution in [0.1, 0.15) is 90.2 Å². The molecule has 4 aliphatic rings. The van der Waals surface area contributed by atoms with E-state index >= 15 is 4.79 Å². The van der Waals surface area contributed by atoms with E-state index in [2.05, 4.69) is 5.32 Å². The SMILES string of the molecule is CCOCC(COCC)OC(=O)NC(c1ccccc1)C(O)C(=O)OC1CC2(O)C(OC(=O)c3ccccc3)C3[C@]4(OC(C)=O)COC4CC(O)[C@@]3(C)C(=O)C(OC(C)=O)C(=C1C)C2(C)C. The molecular weight excluding hydrogens is 863 g/mol. The van der Waals surface area contributed by atoms with Gasteiger partial charge < -0.3 is 58.5 Å². The number of fused-ring (bicyclic) bond motifs is 5. The van der Waals surface area contributed by atoms with E-state index in [-0.39, 0.29) is 48.5 Å². The molecule has 0 aromatic heterocycles. The lowest BCUT2D eigenvalue weighted by atomic mass is 9.44. The third-order valence-electron chi connectivity index (χ3n) is 13.7. The molecule has 4 N–H and O–H groups in total. The van der Waals surface area contributed by atoms with Gasteiger partial charge in [0, 0.05) is 45.3 Å². The Hall–Kier alpha value is -5.24. The number of amides is 1. The zero-order chi connectivity index (χ0) is 48.4. The van der Waals surface area contributed by atoms with E-state index in [1.165, 1.54) is 26.0 Å². The Morgan fingerprint density at radius 3 is 2.03 bits per heavy atom. The van der Waals surface area contributed by atoms with Crippen molar-refractivity contribution in [3.63, 3.8) is 0 Å². The molecule has 18 heteroatoms. The summed E-state index contributed by atoms with van der Waals surface area (Å²) in [6, 6.07) is 14.4. The van der Waals surface area contributed by atoms with Gasteiger partial charge in [0.1, 0.15) is 23.9 Å². The molecule has 9 unspecified atom stereocenters. The third-order valence-corrected chi connectivity index (χ3v) is 13.7. The average molecular weight is 924 g/mol. The molecule has 0 spiro atoms. The largest absolute Gasteiger partial charge is 0.456 e. The summed E-state index contributed by atoms with van der Waals surface area (Å²) >= 11 is 0. The second-order valence-corrected chi connectivity index (χ2v) is 18.0. The number of benzene rings is 2. The minimum absolute atomic E-state index is 0.00649. The molecule has 1 amide bonds. The Balaban J connectivity index is 1.48. The minimum atomic E-state index is -2.42. The number of aliphatic hydroxyl groups excluding tert-OH is 2. The van der Waals surface area contributed by atoms with E-state index in [1.807, 2.05) is 0 Å². The normalized spacial score (nSPS) is 30.8. The van der Waals surface area contributed by atoms with Crippen LogP contribution in [0.25, 0.3) is 0 Å². The topological polar surface area (TPSA) is 249 Å². The molecule has 6 rings (SSSR count). The van der Waals surface area contributed by atoms with Crippen LogP contribution in [0, 0.1) is 16.7 Å². The minimum Gasteiger partial charge on any atom is -0.456 e. The first kappa shape index (κ1) is 50.2. The van der Waals surface area contributed by atoms with Crippen LogP contribution in [0.3, 0.4) is 0 Å². The molecular formula is C48H61NO17. The van der Waals surface area contributed by atoms with Crippen LogP contribution in [-0.2, 0) is 57.1 Å². The van der Waals surface area contributed by atoms with Crippen molar-refractivity contribution < 1.29 is 82.0 Å². The first-order valence-corrected chi connectivity index (χ1v) is 22.1. The molecule has 0 radical (unpaired) electrons. The summed E-state index contributed by atoms with van der Waals surface area (Å²) in [6.07, 6.45) is -12.6. The van der Waals surface area contributed by atoms with Crippen molar-refractivity contribution in [2.24, 2.45) is 16.7 Å². The fraction of sp³-hybridized carbons (Fsp3) is 0.583. The number of esters is 4. The monoisotopic (exact) mass is 923 g/mol. The van der Waals surface area contributed by atoms with Crippen molar-refractivity contribution in [2.75, 3.05) is 33.0 Å². The second-order valence-electron chi connectivity index (χ2n) is 18.0. The zero-order valence-electron chi connectivity index (χ0n) is 38.5. The number of carbonyl (C=O) groups excluding carboxylic acids is 6. The Morgan fingerprint density at radius 2 is 1.48 bits per heavy atom. The van der Waals surface area contributed by atoms with Gasteiger partial charge in [0.2, 0.25) is 0 Å². The molecule has 3 fully saturated rings. The molecule has 1 heterocycles. The van der Waals surface area contributed by atoms with Gasteiger partial charge in [0.25, 0.3) is 0 Å². The maximum Gasteiger partial charge on any atom is 0.408 e. The summed E-state index contributed by atoms with van der Waals surface area (Å²) in [5.41, 5.74) is -7.52. The van der Waals surface area contributed by atoms with Gasteiger partial charge in [-0.1, -0.05) is 62.4 Å². The number of aliphatic hydroxyl groups is 3. The Morgan fingerprint density at radius 1 is 0.879 bits per heavy atom. The van der Waals surface area contributed by atoms with Crippen molar-refractivity contribution in [3.8, 4) is 0 Å². The summed E-state index contributed by atoms with van der Waals surface area (Å²) in [5.74, 6) is -6.39. The van der Waals surface area contributed by atoms with E-state index in [0.717, 1.165) is 13.8 Å². The van der Waals surface area contributed by atoms with Crippen molar-refractivity contribution in [1.82, 2.24) is 5.32 Å². The highest BCUT2D eigenvalue weighted by Gasteiger charge is 2.78. The maximum atomic E-state index is 15.5. The van der Waals surface area contributed by atoms with Gasteiger partial charge in [-0.25, -0.2) is 14.4 Å². The highest BCUT2D eigenvalue weighted by molar-refractivity contribution is 5.95. The van der Waals surface area contributed by atoms with Crippen molar-refractivity contribution in [3.05, 3.63) is 82.9 Å². The van der Waals surface area contributed by atoms with Gasteiger partial charge in [-0.15, -0.1) is 0 Å². The Kier molecular flexibility index (Phi) is 15.1. The van der Waals surface area contributed by atoms with E-state index in [9.17, 15) is 39.3 Å². The molecule has 66 heavy (non-hydrogen) atoms. The molecule has 2 aromatic rings. The average Bonchev–Trinajstić information content (AvgIpc) is 3.27. The van der Waals surface area contributed by atoms with Crippen molar-refractivity contribution >= 4 is 35.8 Å². The number of ether oxygens (including phenoxy) is 8. The van der Waals surface area contributed by atoms with Crippen molar-refractivity contribution in [2.45, 2.75) is 128 Å². The number of hydrogen-bond donors (Lipinski definition) is 4. The predicted molar refractivity (Wildman–Crippen MR) is 230 cm³/mol. The first-order chi connectivity index (χ1) is 31.2. The number of alkyl carbamates (subject to hydrolysis) is 1. The molecule has 2 aromatic carbocycles. The maximum absolute atomic E-state index is 15.5. The molecule has 11 atom stereocenters. The quantitative estimate of drug-likeness (QED) is 0.107. The standard InChI is InChI=1S/C48H61NO17/c1-9-59-23-31(24-60-10-2)63-44(57)49-36(29-17-13-11-14-18-29)37(53)43(56)64-32-22-48(58)41(65-42(55)30-19-15-12-16-20-30)39-46(8,33(52)21-34-47(39,25-61-34)66-28(5)51)40(54)38(62-27(4)50)35(26(32)3)45(48,6)7/h11-20,31-34,36-39,41,52-53,58H,9-10,21-25H2,1-8H3,(H,49,57)/t32?,33?,34?,36?,37?,38?,39?,41?,46-,47+,48?/m1/s1. The lowest BCUT2D eigenvalue weighted by Gasteiger charge is -2.67. The van der Waals surface area contributed by atoms with Crippen LogP contribution in [0.15, 0.2) is 71.8 Å². The summed E-state index contributed by atoms with van der Waals surface area (Å²) < 4.78 is 46.8. The lowest BCUT2D eigenvalue weighted by Crippen LogP contribution is -2.82.